The Kier molecular flexibility index (Phi) is 55.2. The number of carbonyl (C=O) groups excluding carboxylic acids is 2. The molecule has 122 heavy (non-hydrogen) atoms. The second-order valence-corrected chi connectivity index (χ2v) is 35.0. The van der Waals surface area contributed by atoms with Crippen molar-refractivity contribution >= 4 is 53.7 Å². The fourth-order valence-electron chi connectivity index (χ4n) is 13.4. The van der Waals surface area contributed by atoms with Crippen LogP contribution in [-0.2, 0) is 138 Å². The van der Waals surface area contributed by atoms with E-state index in [1.807, 2.05) is 78.1 Å². The van der Waals surface area contributed by atoms with Crippen LogP contribution in [0.3, 0.4) is 0 Å². The van der Waals surface area contributed by atoms with Crippen LogP contribution in [0.2, 0.25) is 12.1 Å². The summed E-state index contributed by atoms with van der Waals surface area (Å²) in [6.45, 7) is 11.6. The summed E-state index contributed by atoms with van der Waals surface area (Å²) in [6, 6.07) is 49.6. The van der Waals surface area contributed by atoms with E-state index in [0.29, 0.717) is 178 Å². The van der Waals surface area contributed by atoms with E-state index in [0.717, 1.165) is 99.7 Å². The summed E-state index contributed by atoms with van der Waals surface area (Å²) in [6.07, 6.45) is 5.36. The average molecular weight is 1760 g/mol. The Morgan fingerprint density at radius 2 is 0.787 bits per heavy atom. The number of aliphatic hydroxyl groups excluding tert-OH is 1. The van der Waals surface area contributed by atoms with Gasteiger partial charge in [-0.05, 0) is 134 Å². The van der Waals surface area contributed by atoms with Crippen molar-refractivity contribution in [3.8, 4) is 45.2 Å². The minimum absolute atomic E-state index is 0.00254. The summed E-state index contributed by atoms with van der Waals surface area (Å²) in [5.74, 6) is 10.3. The lowest BCUT2D eigenvalue weighted by atomic mass is 9.92. The van der Waals surface area contributed by atoms with Crippen LogP contribution < -0.4 is 15.7 Å². The van der Waals surface area contributed by atoms with E-state index in [2.05, 4.69) is 96.0 Å². The zero-order chi connectivity index (χ0) is 85.3. The first-order valence-corrected chi connectivity index (χ1v) is 47.0. The van der Waals surface area contributed by atoms with Gasteiger partial charge >= 0.3 is 0 Å². The van der Waals surface area contributed by atoms with E-state index in [1.165, 1.54) is 45.3 Å². The molecule has 0 saturated carbocycles. The van der Waals surface area contributed by atoms with Gasteiger partial charge in [-0.2, -0.15) is 23.5 Å². The van der Waals surface area contributed by atoms with Crippen molar-refractivity contribution in [1.29, 1.82) is 0 Å². The smallest absolute Gasteiger partial charge is 0.246 e. The minimum Gasteiger partial charge on any atom is -0.392 e. The zero-order valence-electron chi connectivity index (χ0n) is 71.4. The first-order valence-electron chi connectivity index (χ1n) is 42.2. The van der Waals surface area contributed by atoms with Crippen LogP contribution in [0.5, 0.6) is 0 Å². The Bertz CT molecular complexity index is 3780. The normalized spacial score (nSPS) is 13.9. The summed E-state index contributed by atoms with van der Waals surface area (Å²) in [7, 11) is 0.691. The van der Waals surface area contributed by atoms with Crippen LogP contribution in [0.1, 0.15) is 78.0 Å². The average Bonchev–Trinajstić information content (AvgIpc) is 1.56. The number of hydrogen-bond acceptors (Lipinski definition) is 28. The maximum atomic E-state index is 13.2. The zero-order valence-corrected chi connectivity index (χ0v) is 74.0. The lowest BCUT2D eigenvalue weighted by Gasteiger charge is -2.31. The van der Waals surface area contributed by atoms with Gasteiger partial charge in [-0.25, -0.2) is 0 Å². The summed E-state index contributed by atoms with van der Waals surface area (Å²) >= 11 is 3.84. The number of aliphatic hydroxyl groups is 1. The van der Waals surface area contributed by atoms with Crippen molar-refractivity contribution in [2.75, 3.05) is 264 Å². The van der Waals surface area contributed by atoms with Gasteiger partial charge in [-0.3, -0.25) is 9.59 Å². The van der Waals surface area contributed by atoms with Crippen molar-refractivity contribution < 1.29 is 124 Å². The maximum Gasteiger partial charge on any atom is 0.246 e. The molecule has 0 saturated heterocycles. The number of ketones is 1. The van der Waals surface area contributed by atoms with Gasteiger partial charge in [0, 0.05) is 62.7 Å². The molecule has 30 heteroatoms. The number of ether oxygens (including phenoxy) is 23. The van der Waals surface area contributed by atoms with Crippen LogP contribution >= 0.6 is 23.5 Å². The summed E-state index contributed by atoms with van der Waals surface area (Å²) in [4.78, 5) is 26.2. The standard InChI is InChI=1S/C92H129NO26S2Si/c1-97-33-34-99-35-36-100-37-38-101-39-40-102-41-42-103-43-44-104-45-46-105-47-48-106-49-50-107-51-52-108-53-57-120-55-9-59-122(60-10-56-121-58-54-109-67-111-69-113-71-115-73-117-75-118-74-116-72-114-70-112-68-110-66-98-2)90-62-83(28-30-87(90)88-31-29-84(63-91(88)122)80-24-20-77(64-94)21-25-80)79-22-18-76(19-23-79)11-7-15-85(95)16-8-32-93-92(96)65-119-89-61-82-14-4-3-12-78(82)26-27-81-13-5-6-17-86(81)89/h3-6,12-14,17-25,28-31,62-63,89,94H,7-11,15-16,32-61,64-75H2,1-2H3,(H,93,96). The maximum absolute atomic E-state index is 13.2. The summed E-state index contributed by atoms with van der Waals surface area (Å²) in [5.41, 5.74) is 13.3. The van der Waals surface area contributed by atoms with E-state index in [-0.39, 0.29) is 98.9 Å². The van der Waals surface area contributed by atoms with Crippen molar-refractivity contribution in [2.24, 2.45) is 0 Å². The first kappa shape index (κ1) is 101. The lowest BCUT2D eigenvalue weighted by molar-refractivity contribution is -0.231. The number of Topliss-reactive ketones (excluding diaryl/α,β-unsaturated/α-hetero) is 1. The number of benzene rings is 6. The predicted octanol–water partition coefficient (Wildman–Crippen LogP) is 11.0. The van der Waals surface area contributed by atoms with Crippen molar-refractivity contribution in [2.45, 2.75) is 76.2 Å². The highest BCUT2D eigenvalue weighted by Crippen LogP contribution is 2.39. The Hall–Kier alpha value is -6.02. The third kappa shape index (κ3) is 41.6. The second-order valence-electron chi connectivity index (χ2n) is 28.3. The number of amides is 1. The summed E-state index contributed by atoms with van der Waals surface area (Å²) in [5, 5.41) is 15.9. The number of rotatable bonds is 78. The lowest BCUT2D eigenvalue weighted by Crippen LogP contribution is -2.55. The third-order valence-corrected chi connectivity index (χ3v) is 26.8. The van der Waals surface area contributed by atoms with Gasteiger partial charge in [0.05, 0.1) is 158 Å². The molecule has 27 nitrogen and oxygen atoms in total. The highest BCUT2D eigenvalue weighted by Gasteiger charge is 2.45. The van der Waals surface area contributed by atoms with E-state index < -0.39 is 8.07 Å². The number of thioether (sulfide) groups is 2. The fourth-order valence-corrected chi connectivity index (χ4v) is 21.0. The molecule has 2 unspecified atom stereocenters. The third-order valence-electron chi connectivity index (χ3n) is 19.5. The molecule has 0 bridgehead atoms. The molecule has 6 aromatic carbocycles. The Balaban J connectivity index is 0.745. The Morgan fingerprint density at radius 1 is 0.393 bits per heavy atom. The molecule has 1 aliphatic carbocycles. The summed E-state index contributed by atoms with van der Waals surface area (Å²) < 4.78 is 125. The number of fused-ring (bicyclic) bond motifs is 5. The van der Waals surface area contributed by atoms with Crippen LogP contribution in [0.25, 0.3) is 33.4 Å². The molecule has 1 aliphatic heterocycles. The van der Waals surface area contributed by atoms with E-state index in [4.69, 9.17) is 109 Å². The number of methoxy groups -OCH3 is 2. The molecule has 2 atom stereocenters. The molecule has 0 fully saturated rings. The van der Waals surface area contributed by atoms with Gasteiger partial charge < -0.3 is 119 Å². The van der Waals surface area contributed by atoms with Crippen LogP contribution in [0.15, 0.2) is 133 Å². The number of aryl methyl sites for hydroxylation is 1. The fraction of sp³-hybridized carbons (Fsp3) is 0.565. The van der Waals surface area contributed by atoms with Gasteiger partial charge in [0.25, 0.3) is 0 Å². The van der Waals surface area contributed by atoms with Crippen LogP contribution in [0, 0.1) is 11.8 Å². The Morgan fingerprint density at radius 3 is 1.25 bits per heavy atom. The molecule has 6 aromatic rings. The van der Waals surface area contributed by atoms with Crippen molar-refractivity contribution in [3.05, 3.63) is 167 Å². The minimum atomic E-state index is -2.48. The predicted molar refractivity (Wildman–Crippen MR) is 470 cm³/mol. The van der Waals surface area contributed by atoms with Gasteiger partial charge in [-0.1, -0.05) is 133 Å². The highest BCUT2D eigenvalue weighted by atomic mass is 32.2. The molecule has 8 rings (SSSR count). The quantitative estimate of drug-likeness (QED) is 0.0155. The number of nitrogens with one attached hydrogen (secondary N) is 1. The topological polar surface area (TPSA) is 279 Å². The van der Waals surface area contributed by atoms with Gasteiger partial charge in [0.15, 0.2) is 54.3 Å². The molecule has 0 aromatic heterocycles. The molecule has 2 aliphatic rings. The van der Waals surface area contributed by atoms with Crippen LogP contribution in [-0.4, -0.2) is 289 Å². The molecule has 674 valence electrons. The molecule has 2 N–H and O–H groups in total. The van der Waals surface area contributed by atoms with Crippen molar-refractivity contribution in [3.63, 3.8) is 0 Å². The largest absolute Gasteiger partial charge is 0.392 e. The van der Waals surface area contributed by atoms with Gasteiger partial charge in [0.2, 0.25) is 5.91 Å². The second kappa shape index (κ2) is 66.4. The van der Waals surface area contributed by atoms with Gasteiger partial charge in [-0.15, -0.1) is 0 Å². The molecule has 1 amide bonds. The highest BCUT2D eigenvalue weighted by molar-refractivity contribution is 7.99. The number of hydrogen-bond donors (Lipinski definition) is 2. The number of carbonyl (C=O) groups is 2. The van der Waals surface area contributed by atoms with Crippen molar-refractivity contribution in [1.82, 2.24) is 5.32 Å². The molecular formula is C92H129NO26S2Si. The van der Waals surface area contributed by atoms with E-state index >= 15 is 0 Å². The molecular weight excluding hydrogens is 1630 g/mol. The Labute approximate surface area is 730 Å². The molecule has 1 heterocycles. The molecule has 0 spiro atoms. The van der Waals surface area contributed by atoms with Gasteiger partial charge in [0.1, 0.15) is 34.0 Å². The first-order chi connectivity index (χ1) is 60.4. The molecule has 0 radical (unpaired) electrons. The SMILES string of the molecule is COCCOCCOCCOCCOCCOCCOCCOCCOCCOCCOCCSCCC[Si]1(CCCSCCOCOCOCOCOCOCOCOCOCOCOC)c2cc(-c3ccc(CO)cc3)ccc2-c2ccc(-c3ccc(CCCC(=O)CCCNC(=O)COC4Cc5ccccc5C#Cc5ccccc54)cc3)cc21. The van der Waals surface area contributed by atoms with Crippen LogP contribution in [0.4, 0.5) is 0 Å². The monoisotopic (exact) mass is 1760 g/mol. The van der Waals surface area contributed by atoms with E-state index in [1.54, 1.807) is 7.11 Å². The van der Waals surface area contributed by atoms with E-state index in [9.17, 15) is 14.7 Å².